The van der Waals surface area contributed by atoms with E-state index < -0.39 is 11.4 Å². The molecular weight excluding hydrogens is 342 g/mol. The summed E-state index contributed by atoms with van der Waals surface area (Å²) in [4.78, 5) is 28.1. The van der Waals surface area contributed by atoms with E-state index in [0.29, 0.717) is 19.1 Å². The van der Waals surface area contributed by atoms with E-state index in [1.165, 1.54) is 32.6 Å². The number of carboxylic acids is 1. The average Bonchev–Trinajstić information content (AvgIpc) is 3.30. The van der Waals surface area contributed by atoms with Crippen LogP contribution in [0.3, 0.4) is 0 Å². The first-order chi connectivity index (χ1) is 13.0. The topological polar surface area (TPSA) is 72.9 Å². The van der Waals surface area contributed by atoms with Crippen LogP contribution in [0, 0.1) is 11.3 Å². The number of hydrogen-bond donors (Lipinski definition) is 2. The third kappa shape index (κ3) is 3.60. The number of carbonyl (C=O) groups excluding carboxylic acids is 1. The summed E-state index contributed by atoms with van der Waals surface area (Å²) in [7, 11) is 0. The van der Waals surface area contributed by atoms with Gasteiger partial charge in [0.1, 0.15) is 0 Å². The summed E-state index contributed by atoms with van der Waals surface area (Å²) < 4.78 is 0. The molecule has 2 aliphatic heterocycles. The largest absolute Gasteiger partial charge is 0.481 e. The molecule has 1 amide bonds. The zero-order valence-corrected chi connectivity index (χ0v) is 16.0. The van der Waals surface area contributed by atoms with Crippen molar-refractivity contribution in [1.82, 2.24) is 9.80 Å². The molecule has 6 heteroatoms. The summed E-state index contributed by atoms with van der Waals surface area (Å²) in [6.45, 7) is 5.36. The molecule has 1 aromatic carbocycles. The Kier molecular flexibility index (Phi) is 4.95. The maximum atomic E-state index is 12.2. The highest BCUT2D eigenvalue weighted by molar-refractivity contribution is 5.88. The number of nitrogens with zero attached hydrogens (tertiary/aromatic N) is 2. The molecule has 3 fully saturated rings. The average molecular weight is 371 g/mol. The van der Waals surface area contributed by atoms with E-state index in [4.69, 9.17) is 0 Å². The standard InChI is InChI=1S/C21H29N3O3/c1-15(25)22-18-8-6-16(7-9-18)10-23-11-17-12-24(19-4-2-3-5-19)14-21(17,13-23)20(26)27/h6-9,17,19H,2-5,10-14H2,1H3,(H,22,25)(H,26,27)/t17-,21-/m0/s1. The zero-order valence-electron chi connectivity index (χ0n) is 16.0. The molecule has 1 aliphatic carbocycles. The van der Waals surface area contributed by atoms with E-state index in [-0.39, 0.29) is 11.8 Å². The fourth-order valence-corrected chi connectivity index (χ4v) is 5.33. The Bertz CT molecular complexity index is 714. The number of anilines is 1. The van der Waals surface area contributed by atoms with Gasteiger partial charge in [-0.15, -0.1) is 0 Å². The number of hydrogen-bond acceptors (Lipinski definition) is 4. The van der Waals surface area contributed by atoms with Gasteiger partial charge >= 0.3 is 5.97 Å². The van der Waals surface area contributed by atoms with Gasteiger partial charge in [0.15, 0.2) is 0 Å². The van der Waals surface area contributed by atoms with Crippen molar-refractivity contribution in [3.05, 3.63) is 29.8 Å². The lowest BCUT2D eigenvalue weighted by Gasteiger charge is -2.28. The molecule has 2 atom stereocenters. The number of carbonyl (C=O) groups is 2. The molecule has 0 bridgehead atoms. The number of aliphatic carboxylic acids is 1. The van der Waals surface area contributed by atoms with E-state index in [0.717, 1.165) is 30.9 Å². The second kappa shape index (κ2) is 7.24. The number of likely N-dealkylation sites (tertiary alicyclic amines) is 2. The molecule has 1 aromatic rings. The van der Waals surface area contributed by atoms with Gasteiger partial charge in [0.2, 0.25) is 5.91 Å². The third-order valence-electron chi connectivity index (χ3n) is 6.65. The van der Waals surface area contributed by atoms with E-state index in [9.17, 15) is 14.7 Å². The van der Waals surface area contributed by atoms with E-state index in [1.807, 2.05) is 24.3 Å². The van der Waals surface area contributed by atoms with Gasteiger partial charge in [-0.1, -0.05) is 25.0 Å². The highest BCUT2D eigenvalue weighted by Gasteiger charge is 2.58. The number of carboxylic acid groups (broad SMARTS) is 1. The minimum absolute atomic E-state index is 0.0784. The van der Waals surface area contributed by atoms with Crippen LogP contribution in [0.4, 0.5) is 5.69 Å². The predicted octanol–water partition coefficient (Wildman–Crippen LogP) is 2.41. The Labute approximate surface area is 160 Å². The maximum Gasteiger partial charge on any atom is 0.312 e. The minimum atomic E-state index is -0.628. The van der Waals surface area contributed by atoms with Crippen molar-refractivity contribution < 1.29 is 14.7 Å². The summed E-state index contributed by atoms with van der Waals surface area (Å²) in [5, 5.41) is 12.8. The Hall–Kier alpha value is -1.92. The van der Waals surface area contributed by atoms with Crippen LogP contribution in [0.15, 0.2) is 24.3 Å². The molecule has 0 unspecified atom stereocenters. The summed E-state index contributed by atoms with van der Waals surface area (Å²) in [5.41, 5.74) is 1.33. The number of fused-ring (bicyclic) bond motifs is 1. The van der Waals surface area contributed by atoms with Gasteiger partial charge in [0.25, 0.3) is 0 Å². The SMILES string of the molecule is CC(=O)Nc1ccc(CN2C[C@H]3CN(C4CCCC4)C[C@@]3(C(=O)O)C2)cc1. The predicted molar refractivity (Wildman–Crippen MR) is 103 cm³/mol. The van der Waals surface area contributed by atoms with Gasteiger partial charge in [-0.25, -0.2) is 0 Å². The second-order valence-electron chi connectivity index (χ2n) is 8.57. The van der Waals surface area contributed by atoms with E-state index in [1.54, 1.807) is 0 Å². The fraction of sp³-hybridized carbons (Fsp3) is 0.619. The molecule has 0 aromatic heterocycles. The number of benzene rings is 1. The van der Waals surface area contributed by atoms with Crippen LogP contribution < -0.4 is 5.32 Å². The maximum absolute atomic E-state index is 12.2. The van der Waals surface area contributed by atoms with Crippen molar-refractivity contribution in [2.75, 3.05) is 31.5 Å². The first-order valence-electron chi connectivity index (χ1n) is 10.0. The fourth-order valence-electron chi connectivity index (χ4n) is 5.33. The van der Waals surface area contributed by atoms with Crippen molar-refractivity contribution in [3.8, 4) is 0 Å². The molecule has 1 saturated carbocycles. The van der Waals surface area contributed by atoms with Gasteiger partial charge in [-0.3, -0.25) is 19.4 Å². The molecule has 3 aliphatic rings. The number of rotatable bonds is 5. The van der Waals surface area contributed by atoms with Crippen LogP contribution in [-0.4, -0.2) is 59.0 Å². The second-order valence-corrected chi connectivity index (χ2v) is 8.57. The summed E-state index contributed by atoms with van der Waals surface area (Å²) in [6, 6.07) is 8.43. The van der Waals surface area contributed by atoms with Crippen LogP contribution in [0.5, 0.6) is 0 Å². The van der Waals surface area contributed by atoms with Crippen LogP contribution in [0.1, 0.15) is 38.2 Å². The van der Waals surface area contributed by atoms with Crippen molar-refractivity contribution in [2.24, 2.45) is 11.3 Å². The van der Waals surface area contributed by atoms with Crippen LogP contribution in [0.2, 0.25) is 0 Å². The summed E-state index contributed by atoms with van der Waals surface area (Å²) in [5.74, 6) is -0.490. The molecule has 2 N–H and O–H groups in total. The van der Waals surface area contributed by atoms with Crippen molar-refractivity contribution in [2.45, 2.75) is 45.2 Å². The molecule has 6 nitrogen and oxygen atoms in total. The Morgan fingerprint density at radius 3 is 2.44 bits per heavy atom. The lowest BCUT2D eigenvalue weighted by Crippen LogP contribution is -2.42. The molecule has 4 rings (SSSR count). The minimum Gasteiger partial charge on any atom is -0.481 e. The first kappa shape index (κ1) is 18.4. The van der Waals surface area contributed by atoms with Crippen molar-refractivity contribution in [3.63, 3.8) is 0 Å². The van der Waals surface area contributed by atoms with Crippen molar-refractivity contribution >= 4 is 17.6 Å². The van der Waals surface area contributed by atoms with Crippen LogP contribution in [0.25, 0.3) is 0 Å². The molecule has 27 heavy (non-hydrogen) atoms. The summed E-state index contributed by atoms with van der Waals surface area (Å²) in [6.07, 6.45) is 5.03. The van der Waals surface area contributed by atoms with Crippen molar-refractivity contribution in [1.29, 1.82) is 0 Å². The lowest BCUT2D eigenvalue weighted by atomic mass is 9.81. The highest BCUT2D eigenvalue weighted by atomic mass is 16.4. The Balaban J connectivity index is 1.41. The quantitative estimate of drug-likeness (QED) is 0.832. The van der Waals surface area contributed by atoms with Gasteiger partial charge < -0.3 is 10.4 Å². The highest BCUT2D eigenvalue weighted by Crippen LogP contribution is 2.45. The number of amides is 1. The number of nitrogens with one attached hydrogen (secondary N) is 1. The molecule has 0 spiro atoms. The van der Waals surface area contributed by atoms with E-state index >= 15 is 0 Å². The van der Waals surface area contributed by atoms with Gasteiger partial charge in [-0.2, -0.15) is 0 Å². The summed E-state index contributed by atoms with van der Waals surface area (Å²) >= 11 is 0. The van der Waals surface area contributed by atoms with Gasteiger partial charge in [-0.05, 0) is 30.5 Å². The Morgan fingerprint density at radius 1 is 1.15 bits per heavy atom. The molecule has 2 heterocycles. The smallest absolute Gasteiger partial charge is 0.312 e. The molecule has 0 radical (unpaired) electrons. The van der Waals surface area contributed by atoms with Gasteiger partial charge in [0.05, 0.1) is 5.41 Å². The van der Waals surface area contributed by atoms with Crippen LogP contribution in [-0.2, 0) is 16.1 Å². The normalized spacial score (nSPS) is 29.1. The molecule has 146 valence electrons. The molecule has 2 saturated heterocycles. The zero-order chi connectivity index (χ0) is 19.0. The lowest BCUT2D eigenvalue weighted by molar-refractivity contribution is -0.149. The van der Waals surface area contributed by atoms with E-state index in [2.05, 4.69) is 15.1 Å². The third-order valence-corrected chi connectivity index (χ3v) is 6.65. The Morgan fingerprint density at radius 2 is 1.85 bits per heavy atom. The molecular formula is C21H29N3O3. The first-order valence-corrected chi connectivity index (χ1v) is 10.0. The van der Waals surface area contributed by atoms with Gasteiger partial charge in [0, 0.05) is 57.3 Å². The monoisotopic (exact) mass is 371 g/mol. The van der Waals surface area contributed by atoms with Crippen LogP contribution >= 0.6 is 0 Å².